The van der Waals surface area contributed by atoms with E-state index in [1.54, 1.807) is 4.68 Å². The van der Waals surface area contributed by atoms with Crippen LogP contribution in [0.2, 0.25) is 0 Å². The number of nitrogens with one attached hydrogen (secondary N) is 1. The molecule has 0 bridgehead atoms. The lowest BCUT2D eigenvalue weighted by molar-refractivity contribution is 0.482. The molecule has 5 heteroatoms. The molecule has 0 amide bonds. The highest BCUT2D eigenvalue weighted by molar-refractivity contribution is 5.51. The molecule has 1 N–H and O–H groups in total. The van der Waals surface area contributed by atoms with Crippen LogP contribution in [0, 0.1) is 12.8 Å². The Balaban J connectivity index is 1.76. The second-order valence-electron chi connectivity index (χ2n) is 5.67. The third-order valence-corrected chi connectivity index (χ3v) is 4.22. The number of benzene rings is 1. The van der Waals surface area contributed by atoms with Crippen molar-refractivity contribution in [2.24, 2.45) is 5.92 Å². The summed E-state index contributed by atoms with van der Waals surface area (Å²) in [5, 5.41) is 15.3. The van der Waals surface area contributed by atoms with Gasteiger partial charge in [-0.15, -0.1) is 5.10 Å². The summed E-state index contributed by atoms with van der Waals surface area (Å²) >= 11 is 0. The molecule has 1 saturated carbocycles. The van der Waals surface area contributed by atoms with Gasteiger partial charge in [0.1, 0.15) is 0 Å². The summed E-state index contributed by atoms with van der Waals surface area (Å²) in [4.78, 5) is 0. The topological polar surface area (TPSA) is 55.6 Å². The summed E-state index contributed by atoms with van der Waals surface area (Å²) in [5.74, 6) is 1.60. The Hall–Kier alpha value is -1.91. The lowest BCUT2D eigenvalue weighted by atomic mass is 9.99. The lowest BCUT2D eigenvalue weighted by Gasteiger charge is -2.21. The van der Waals surface area contributed by atoms with Crippen LogP contribution in [-0.4, -0.2) is 26.2 Å². The van der Waals surface area contributed by atoms with Crippen molar-refractivity contribution >= 4 is 5.69 Å². The normalized spacial score (nSPS) is 17.3. The van der Waals surface area contributed by atoms with Gasteiger partial charge in [-0.2, -0.15) is 4.68 Å². The maximum absolute atomic E-state index is 4.01. The fraction of sp³-hybridized carbons (Fsp3) is 0.533. The van der Waals surface area contributed by atoms with Gasteiger partial charge in [0.25, 0.3) is 0 Å². The van der Waals surface area contributed by atoms with Crippen molar-refractivity contribution in [3.8, 4) is 5.69 Å². The Bertz CT molecular complexity index is 571. The van der Waals surface area contributed by atoms with Gasteiger partial charge in [-0.1, -0.05) is 18.9 Å². The summed E-state index contributed by atoms with van der Waals surface area (Å²) in [5.41, 5.74) is 2.13. The highest BCUT2D eigenvalue weighted by Crippen LogP contribution is 2.29. The Labute approximate surface area is 119 Å². The Morgan fingerprint density at radius 2 is 2.10 bits per heavy atom. The van der Waals surface area contributed by atoms with E-state index in [1.165, 1.54) is 25.7 Å². The summed E-state index contributed by atoms with van der Waals surface area (Å²) in [6, 6.07) is 8.79. The minimum atomic E-state index is 0.516. The van der Waals surface area contributed by atoms with E-state index in [9.17, 15) is 0 Å². The standard InChI is InChI=1S/C15H21N5/c1-11(13-6-3-4-7-13)16-14-8-5-9-15(10-14)20-12(2)17-18-19-20/h5,8-11,13,16H,3-4,6-7H2,1-2H3. The van der Waals surface area contributed by atoms with Crippen molar-refractivity contribution in [3.63, 3.8) is 0 Å². The third kappa shape index (κ3) is 2.66. The molecule has 1 aromatic heterocycles. The second-order valence-corrected chi connectivity index (χ2v) is 5.67. The average Bonchev–Trinajstić information content (AvgIpc) is 3.10. The SMILES string of the molecule is Cc1nnnn1-c1cccc(NC(C)C2CCCC2)c1. The Kier molecular flexibility index (Phi) is 3.67. The largest absolute Gasteiger partial charge is 0.382 e. The monoisotopic (exact) mass is 271 g/mol. The molecule has 1 unspecified atom stereocenters. The number of hydrogen-bond acceptors (Lipinski definition) is 4. The van der Waals surface area contributed by atoms with Crippen molar-refractivity contribution in [2.75, 3.05) is 5.32 Å². The Morgan fingerprint density at radius 3 is 2.80 bits per heavy atom. The van der Waals surface area contributed by atoms with Crippen LogP contribution in [0.15, 0.2) is 24.3 Å². The van der Waals surface area contributed by atoms with E-state index >= 15 is 0 Å². The van der Waals surface area contributed by atoms with E-state index in [1.807, 2.05) is 19.1 Å². The van der Waals surface area contributed by atoms with Gasteiger partial charge < -0.3 is 5.32 Å². The van der Waals surface area contributed by atoms with Gasteiger partial charge in [0.05, 0.1) is 5.69 Å². The molecule has 1 aromatic carbocycles. The number of aryl methyl sites for hydroxylation is 1. The molecule has 0 spiro atoms. The fourth-order valence-corrected chi connectivity index (χ4v) is 3.04. The number of tetrazole rings is 1. The second kappa shape index (κ2) is 5.61. The number of aromatic nitrogens is 4. The number of anilines is 1. The molecule has 5 nitrogen and oxygen atoms in total. The van der Waals surface area contributed by atoms with Crippen molar-refractivity contribution in [1.29, 1.82) is 0 Å². The van der Waals surface area contributed by atoms with Crippen LogP contribution in [-0.2, 0) is 0 Å². The number of nitrogens with zero attached hydrogens (tertiary/aromatic N) is 4. The molecule has 2 aromatic rings. The van der Waals surface area contributed by atoms with Gasteiger partial charge in [-0.25, -0.2) is 0 Å². The van der Waals surface area contributed by atoms with E-state index in [-0.39, 0.29) is 0 Å². The molecule has 0 aliphatic heterocycles. The molecule has 1 atom stereocenters. The van der Waals surface area contributed by atoms with Gasteiger partial charge in [0, 0.05) is 11.7 Å². The maximum atomic E-state index is 4.01. The summed E-state index contributed by atoms with van der Waals surface area (Å²) < 4.78 is 1.76. The first-order valence-electron chi connectivity index (χ1n) is 7.36. The van der Waals surface area contributed by atoms with E-state index < -0.39 is 0 Å². The fourth-order valence-electron chi connectivity index (χ4n) is 3.04. The molecule has 1 heterocycles. The first-order valence-corrected chi connectivity index (χ1v) is 7.36. The minimum absolute atomic E-state index is 0.516. The van der Waals surface area contributed by atoms with Crippen LogP contribution in [0.1, 0.15) is 38.4 Å². The van der Waals surface area contributed by atoms with E-state index in [0.717, 1.165) is 23.1 Å². The molecular formula is C15H21N5. The van der Waals surface area contributed by atoms with Gasteiger partial charge >= 0.3 is 0 Å². The smallest absolute Gasteiger partial charge is 0.153 e. The molecule has 106 valence electrons. The first-order chi connectivity index (χ1) is 9.74. The maximum Gasteiger partial charge on any atom is 0.153 e. The van der Waals surface area contributed by atoms with Crippen LogP contribution in [0.3, 0.4) is 0 Å². The van der Waals surface area contributed by atoms with Crippen molar-refractivity contribution in [3.05, 3.63) is 30.1 Å². The van der Waals surface area contributed by atoms with E-state index in [4.69, 9.17) is 0 Å². The molecule has 1 aliphatic carbocycles. The third-order valence-electron chi connectivity index (χ3n) is 4.22. The van der Waals surface area contributed by atoms with Gasteiger partial charge in [-0.05, 0) is 61.2 Å². The van der Waals surface area contributed by atoms with Crippen LogP contribution < -0.4 is 5.32 Å². The van der Waals surface area contributed by atoms with E-state index in [2.05, 4.69) is 39.9 Å². The van der Waals surface area contributed by atoms with Crippen LogP contribution in [0.5, 0.6) is 0 Å². The molecule has 0 saturated heterocycles. The molecule has 1 aliphatic rings. The molecule has 0 radical (unpaired) electrons. The zero-order valence-electron chi connectivity index (χ0n) is 12.1. The van der Waals surface area contributed by atoms with Crippen LogP contribution in [0.4, 0.5) is 5.69 Å². The molecular weight excluding hydrogens is 250 g/mol. The molecule has 20 heavy (non-hydrogen) atoms. The number of hydrogen-bond donors (Lipinski definition) is 1. The quantitative estimate of drug-likeness (QED) is 0.929. The van der Waals surface area contributed by atoms with Crippen molar-refractivity contribution in [2.45, 2.75) is 45.6 Å². The van der Waals surface area contributed by atoms with Crippen molar-refractivity contribution < 1.29 is 0 Å². The molecule has 1 fully saturated rings. The van der Waals surface area contributed by atoms with E-state index in [0.29, 0.717) is 6.04 Å². The highest BCUT2D eigenvalue weighted by atomic mass is 15.5. The zero-order chi connectivity index (χ0) is 13.9. The van der Waals surface area contributed by atoms with Crippen LogP contribution >= 0.6 is 0 Å². The lowest BCUT2D eigenvalue weighted by Crippen LogP contribution is -2.23. The van der Waals surface area contributed by atoms with Gasteiger partial charge in [-0.3, -0.25) is 0 Å². The number of rotatable bonds is 4. The summed E-state index contributed by atoms with van der Waals surface area (Å²) in [7, 11) is 0. The average molecular weight is 271 g/mol. The molecule has 3 rings (SSSR count). The summed E-state index contributed by atoms with van der Waals surface area (Å²) in [6.45, 7) is 4.19. The van der Waals surface area contributed by atoms with Gasteiger partial charge in [0.2, 0.25) is 0 Å². The van der Waals surface area contributed by atoms with Crippen LogP contribution in [0.25, 0.3) is 5.69 Å². The zero-order valence-corrected chi connectivity index (χ0v) is 12.1. The predicted octanol–water partition coefficient (Wildman–Crippen LogP) is 2.96. The highest BCUT2D eigenvalue weighted by Gasteiger charge is 2.21. The first kappa shape index (κ1) is 13.1. The minimum Gasteiger partial charge on any atom is -0.382 e. The van der Waals surface area contributed by atoms with Crippen molar-refractivity contribution in [1.82, 2.24) is 20.2 Å². The Morgan fingerprint density at radius 1 is 1.30 bits per heavy atom. The summed E-state index contributed by atoms with van der Waals surface area (Å²) in [6.07, 6.45) is 5.45. The predicted molar refractivity (Wildman–Crippen MR) is 78.9 cm³/mol. The van der Waals surface area contributed by atoms with Gasteiger partial charge in [0.15, 0.2) is 5.82 Å².